The molecule has 0 saturated heterocycles. The van der Waals surface area contributed by atoms with Crippen LogP contribution in [-0.2, 0) is 6.54 Å². The Kier molecular flexibility index (Phi) is 2.47. The number of rotatable bonds is 2. The van der Waals surface area contributed by atoms with Crippen molar-refractivity contribution in [2.24, 2.45) is 5.73 Å². The van der Waals surface area contributed by atoms with Crippen molar-refractivity contribution in [1.82, 2.24) is 14.8 Å². The first-order valence-corrected chi connectivity index (χ1v) is 4.58. The normalized spacial score (nSPS) is 10.6. The van der Waals surface area contributed by atoms with Crippen LogP contribution in [0.1, 0.15) is 11.4 Å². The number of hydrogen-bond acceptors (Lipinski definition) is 3. The summed E-state index contributed by atoms with van der Waals surface area (Å²) in [6.45, 7) is 2.15. The third-order valence-corrected chi connectivity index (χ3v) is 2.21. The fourth-order valence-corrected chi connectivity index (χ4v) is 1.44. The average molecular weight is 206 g/mol. The second-order valence-corrected chi connectivity index (χ2v) is 3.20. The average Bonchev–Trinajstić information content (AvgIpc) is 2.64. The Morgan fingerprint density at radius 3 is 2.87 bits per heavy atom. The van der Waals surface area contributed by atoms with E-state index in [1.807, 2.05) is 0 Å². The molecular formula is C10H11FN4. The van der Waals surface area contributed by atoms with Crippen molar-refractivity contribution < 1.29 is 4.39 Å². The van der Waals surface area contributed by atoms with E-state index in [0.717, 1.165) is 5.56 Å². The van der Waals surface area contributed by atoms with E-state index >= 15 is 0 Å². The zero-order chi connectivity index (χ0) is 10.8. The van der Waals surface area contributed by atoms with Gasteiger partial charge in [-0.15, -0.1) is 0 Å². The van der Waals surface area contributed by atoms with Gasteiger partial charge in [0.15, 0.2) is 0 Å². The molecule has 0 bridgehead atoms. The molecule has 2 aromatic rings. The van der Waals surface area contributed by atoms with E-state index in [0.29, 0.717) is 18.1 Å². The second kappa shape index (κ2) is 3.78. The number of hydrogen-bond donors (Lipinski definition) is 1. The maximum atomic E-state index is 13.1. The molecule has 0 unspecified atom stereocenters. The van der Waals surface area contributed by atoms with Crippen LogP contribution in [0.3, 0.4) is 0 Å². The Morgan fingerprint density at radius 1 is 1.47 bits per heavy atom. The maximum Gasteiger partial charge on any atom is 0.138 e. The third-order valence-electron chi connectivity index (χ3n) is 2.21. The molecule has 15 heavy (non-hydrogen) atoms. The molecule has 0 spiro atoms. The number of nitrogens with two attached hydrogens (primary N) is 1. The van der Waals surface area contributed by atoms with Gasteiger partial charge in [-0.25, -0.2) is 14.1 Å². The molecule has 0 atom stereocenters. The van der Waals surface area contributed by atoms with Crippen LogP contribution in [0.4, 0.5) is 4.39 Å². The van der Waals surface area contributed by atoms with Crippen LogP contribution in [0, 0.1) is 12.7 Å². The van der Waals surface area contributed by atoms with Gasteiger partial charge in [-0.2, -0.15) is 5.10 Å². The molecule has 0 amide bonds. The van der Waals surface area contributed by atoms with E-state index in [4.69, 9.17) is 5.73 Å². The monoisotopic (exact) mass is 206 g/mol. The van der Waals surface area contributed by atoms with Crippen LogP contribution >= 0.6 is 0 Å². The van der Waals surface area contributed by atoms with Crippen molar-refractivity contribution in [3.63, 3.8) is 0 Å². The summed E-state index contributed by atoms with van der Waals surface area (Å²) in [5, 5.41) is 4.02. The molecule has 0 aliphatic carbocycles. The summed E-state index contributed by atoms with van der Waals surface area (Å²) in [6, 6.07) is 4.45. The smallest absolute Gasteiger partial charge is 0.138 e. The van der Waals surface area contributed by atoms with Gasteiger partial charge in [-0.1, -0.05) is 6.07 Å². The summed E-state index contributed by atoms with van der Waals surface area (Å²) >= 11 is 0. The highest BCUT2D eigenvalue weighted by atomic mass is 19.1. The molecule has 4 nitrogen and oxygen atoms in total. The standard InChI is InChI=1S/C10H11FN4/c1-7-13-6-14-15(7)10-4-9(11)3-2-8(10)5-12/h2-4,6H,5,12H2,1H3. The highest BCUT2D eigenvalue weighted by Gasteiger charge is 2.08. The minimum Gasteiger partial charge on any atom is -0.326 e. The predicted octanol–water partition coefficient (Wildman–Crippen LogP) is 1.17. The minimum absolute atomic E-state index is 0.308. The molecule has 1 heterocycles. The lowest BCUT2D eigenvalue weighted by molar-refractivity contribution is 0.623. The summed E-state index contributed by atoms with van der Waals surface area (Å²) in [4.78, 5) is 3.99. The molecule has 0 aliphatic heterocycles. The topological polar surface area (TPSA) is 56.7 Å². The number of aryl methyl sites for hydroxylation is 1. The first-order valence-electron chi connectivity index (χ1n) is 4.58. The predicted molar refractivity (Wildman–Crippen MR) is 53.9 cm³/mol. The van der Waals surface area contributed by atoms with Crippen molar-refractivity contribution >= 4 is 0 Å². The Balaban J connectivity index is 2.60. The van der Waals surface area contributed by atoms with Gasteiger partial charge < -0.3 is 5.73 Å². The molecule has 0 fully saturated rings. The van der Waals surface area contributed by atoms with Crippen molar-refractivity contribution in [1.29, 1.82) is 0 Å². The molecule has 5 heteroatoms. The number of nitrogens with zero attached hydrogens (tertiary/aromatic N) is 3. The summed E-state index contributed by atoms with van der Waals surface area (Å²) in [6.07, 6.45) is 1.43. The number of benzene rings is 1. The van der Waals surface area contributed by atoms with Crippen molar-refractivity contribution in [2.45, 2.75) is 13.5 Å². The quantitative estimate of drug-likeness (QED) is 0.802. The van der Waals surface area contributed by atoms with Crippen LogP contribution in [0.2, 0.25) is 0 Å². The van der Waals surface area contributed by atoms with Crippen LogP contribution in [0.5, 0.6) is 0 Å². The molecule has 2 rings (SSSR count). The van der Waals surface area contributed by atoms with E-state index < -0.39 is 0 Å². The lowest BCUT2D eigenvalue weighted by atomic mass is 10.1. The van der Waals surface area contributed by atoms with Gasteiger partial charge in [0.1, 0.15) is 18.0 Å². The van der Waals surface area contributed by atoms with Crippen LogP contribution in [0.15, 0.2) is 24.5 Å². The SMILES string of the molecule is Cc1ncnn1-c1cc(F)ccc1CN. The minimum atomic E-state index is -0.308. The second-order valence-electron chi connectivity index (χ2n) is 3.20. The van der Waals surface area contributed by atoms with Gasteiger partial charge in [0, 0.05) is 6.54 Å². The number of aromatic nitrogens is 3. The van der Waals surface area contributed by atoms with Crippen molar-refractivity contribution in [3.8, 4) is 5.69 Å². The van der Waals surface area contributed by atoms with E-state index in [2.05, 4.69) is 10.1 Å². The zero-order valence-corrected chi connectivity index (χ0v) is 8.31. The molecule has 78 valence electrons. The van der Waals surface area contributed by atoms with Crippen LogP contribution < -0.4 is 5.73 Å². The van der Waals surface area contributed by atoms with Gasteiger partial charge in [0.25, 0.3) is 0 Å². The highest BCUT2D eigenvalue weighted by Crippen LogP contribution is 2.15. The van der Waals surface area contributed by atoms with Crippen LogP contribution in [-0.4, -0.2) is 14.8 Å². The van der Waals surface area contributed by atoms with Crippen molar-refractivity contribution in [2.75, 3.05) is 0 Å². The fraction of sp³-hybridized carbons (Fsp3) is 0.200. The summed E-state index contributed by atoms with van der Waals surface area (Å²) in [5.41, 5.74) is 7.06. The fourth-order valence-electron chi connectivity index (χ4n) is 1.44. The molecular weight excluding hydrogens is 195 g/mol. The van der Waals surface area contributed by atoms with Gasteiger partial charge >= 0.3 is 0 Å². The Hall–Kier alpha value is -1.75. The third kappa shape index (κ3) is 1.73. The van der Waals surface area contributed by atoms with E-state index in [1.54, 1.807) is 17.7 Å². The first-order chi connectivity index (χ1) is 7.22. The maximum absolute atomic E-state index is 13.1. The molecule has 1 aromatic heterocycles. The molecule has 1 aromatic carbocycles. The molecule has 2 N–H and O–H groups in total. The molecule has 0 aliphatic rings. The Bertz CT molecular complexity index is 478. The van der Waals surface area contributed by atoms with Gasteiger partial charge in [0.05, 0.1) is 5.69 Å². The first kappa shape index (κ1) is 9.79. The van der Waals surface area contributed by atoms with Crippen LogP contribution in [0.25, 0.3) is 5.69 Å². The molecule has 0 radical (unpaired) electrons. The summed E-state index contributed by atoms with van der Waals surface area (Å²) in [5.74, 6) is 0.396. The van der Waals surface area contributed by atoms with E-state index in [9.17, 15) is 4.39 Å². The van der Waals surface area contributed by atoms with Crippen molar-refractivity contribution in [3.05, 3.63) is 41.7 Å². The highest BCUT2D eigenvalue weighted by molar-refractivity contribution is 5.41. The molecule has 0 saturated carbocycles. The Morgan fingerprint density at radius 2 is 2.27 bits per heavy atom. The van der Waals surface area contributed by atoms with E-state index in [-0.39, 0.29) is 5.82 Å². The zero-order valence-electron chi connectivity index (χ0n) is 8.31. The number of halogens is 1. The lowest BCUT2D eigenvalue weighted by Gasteiger charge is -2.08. The van der Waals surface area contributed by atoms with Gasteiger partial charge in [0.2, 0.25) is 0 Å². The Labute approximate surface area is 86.6 Å². The van der Waals surface area contributed by atoms with E-state index in [1.165, 1.54) is 18.5 Å². The lowest BCUT2D eigenvalue weighted by Crippen LogP contribution is -2.07. The summed E-state index contributed by atoms with van der Waals surface area (Å²) in [7, 11) is 0. The largest absolute Gasteiger partial charge is 0.326 e. The van der Waals surface area contributed by atoms with Gasteiger partial charge in [-0.3, -0.25) is 0 Å². The summed E-state index contributed by atoms with van der Waals surface area (Å²) < 4.78 is 14.7. The van der Waals surface area contributed by atoms with Gasteiger partial charge in [-0.05, 0) is 24.6 Å².